The third-order valence-corrected chi connectivity index (χ3v) is 5.14. The zero-order chi connectivity index (χ0) is 19.5. The van der Waals surface area contributed by atoms with Crippen LogP contribution in [0.15, 0.2) is 42.6 Å². The highest BCUT2D eigenvalue weighted by atomic mass is 16.2. The van der Waals surface area contributed by atoms with Crippen molar-refractivity contribution in [3.8, 4) is 0 Å². The van der Waals surface area contributed by atoms with Gasteiger partial charge in [-0.15, -0.1) is 0 Å². The molecule has 1 aliphatic heterocycles. The number of aromatic nitrogens is 3. The number of hydrogen-bond donors (Lipinski definition) is 1. The molecular weight excluding hydrogens is 352 g/mol. The minimum absolute atomic E-state index is 0.0735. The van der Waals surface area contributed by atoms with Gasteiger partial charge >= 0.3 is 6.03 Å². The van der Waals surface area contributed by atoms with E-state index in [4.69, 9.17) is 0 Å². The molecule has 0 saturated carbocycles. The van der Waals surface area contributed by atoms with Gasteiger partial charge in [0.05, 0.1) is 22.6 Å². The maximum Gasteiger partial charge on any atom is 0.321 e. The Labute approximate surface area is 164 Å². The number of urea groups is 1. The summed E-state index contributed by atoms with van der Waals surface area (Å²) in [7, 11) is 0. The SMILES string of the molecule is Cc1cc2c(NC(=O)N3CCN(Cc4ncccc4C)CC3)cccc2nn1. The second kappa shape index (κ2) is 7.90. The van der Waals surface area contributed by atoms with E-state index in [2.05, 4.69) is 38.4 Å². The molecule has 7 heteroatoms. The van der Waals surface area contributed by atoms with Gasteiger partial charge in [0.15, 0.2) is 0 Å². The molecule has 4 rings (SSSR count). The van der Waals surface area contributed by atoms with Crippen LogP contribution >= 0.6 is 0 Å². The van der Waals surface area contributed by atoms with Crippen LogP contribution in [0.25, 0.3) is 10.9 Å². The number of carbonyl (C=O) groups excluding carboxylic acids is 1. The molecule has 2 aromatic heterocycles. The molecule has 2 amide bonds. The minimum atomic E-state index is -0.0735. The number of nitrogens with one attached hydrogen (secondary N) is 1. The Kier molecular flexibility index (Phi) is 5.16. The first kappa shape index (κ1) is 18.3. The lowest BCUT2D eigenvalue weighted by molar-refractivity contribution is 0.142. The van der Waals surface area contributed by atoms with Crippen LogP contribution in [0.5, 0.6) is 0 Å². The fraction of sp³-hybridized carbons (Fsp3) is 0.333. The number of benzene rings is 1. The number of hydrogen-bond acceptors (Lipinski definition) is 5. The Morgan fingerprint density at radius 2 is 1.89 bits per heavy atom. The van der Waals surface area contributed by atoms with E-state index in [0.29, 0.717) is 13.1 Å². The van der Waals surface area contributed by atoms with Gasteiger partial charge in [-0.3, -0.25) is 9.88 Å². The minimum Gasteiger partial charge on any atom is -0.322 e. The first-order chi connectivity index (χ1) is 13.6. The van der Waals surface area contributed by atoms with Crippen LogP contribution in [0.2, 0.25) is 0 Å². The third-order valence-electron chi connectivity index (χ3n) is 5.14. The standard InChI is InChI=1S/C21H24N6O/c1-15-5-4-8-22-20(15)14-26-9-11-27(12-10-26)21(28)23-18-6-3-7-19-17(18)13-16(2)24-25-19/h3-8,13H,9-12,14H2,1-2H3,(H,23,28). The van der Waals surface area contributed by atoms with E-state index in [9.17, 15) is 4.79 Å². The predicted molar refractivity (Wildman–Crippen MR) is 109 cm³/mol. The van der Waals surface area contributed by atoms with E-state index >= 15 is 0 Å². The van der Waals surface area contributed by atoms with E-state index < -0.39 is 0 Å². The second-order valence-corrected chi connectivity index (χ2v) is 7.18. The number of anilines is 1. The van der Waals surface area contributed by atoms with Crippen LogP contribution in [-0.4, -0.2) is 57.2 Å². The number of pyridine rings is 1. The summed E-state index contributed by atoms with van der Waals surface area (Å²) in [5.74, 6) is 0. The highest BCUT2D eigenvalue weighted by Gasteiger charge is 2.22. The summed E-state index contributed by atoms with van der Waals surface area (Å²) in [4.78, 5) is 21.4. The van der Waals surface area contributed by atoms with Crippen molar-refractivity contribution in [1.82, 2.24) is 25.0 Å². The Bertz CT molecular complexity index is 997. The lowest BCUT2D eigenvalue weighted by Gasteiger charge is -2.34. The van der Waals surface area contributed by atoms with Crippen molar-refractivity contribution in [2.24, 2.45) is 0 Å². The lowest BCUT2D eigenvalue weighted by Crippen LogP contribution is -2.49. The predicted octanol–water partition coefficient (Wildman–Crippen LogP) is 2.99. The van der Waals surface area contributed by atoms with Gasteiger partial charge in [-0.1, -0.05) is 12.1 Å². The summed E-state index contributed by atoms with van der Waals surface area (Å²) in [6.07, 6.45) is 1.84. The number of rotatable bonds is 3. The molecule has 0 radical (unpaired) electrons. The number of piperazine rings is 1. The molecule has 3 heterocycles. The molecule has 28 heavy (non-hydrogen) atoms. The van der Waals surface area contributed by atoms with E-state index in [1.807, 2.05) is 48.4 Å². The number of fused-ring (bicyclic) bond motifs is 1. The Balaban J connectivity index is 1.38. The van der Waals surface area contributed by atoms with Crippen molar-refractivity contribution in [2.75, 3.05) is 31.5 Å². The second-order valence-electron chi connectivity index (χ2n) is 7.18. The summed E-state index contributed by atoms with van der Waals surface area (Å²) in [5.41, 5.74) is 4.68. The Morgan fingerprint density at radius 3 is 2.68 bits per heavy atom. The molecule has 0 atom stereocenters. The number of nitrogens with zero attached hydrogens (tertiary/aromatic N) is 5. The van der Waals surface area contributed by atoms with Gasteiger partial charge in [-0.2, -0.15) is 10.2 Å². The zero-order valence-corrected chi connectivity index (χ0v) is 16.2. The van der Waals surface area contributed by atoms with Crippen molar-refractivity contribution in [2.45, 2.75) is 20.4 Å². The maximum atomic E-state index is 12.8. The van der Waals surface area contributed by atoms with E-state index in [1.165, 1.54) is 5.56 Å². The molecule has 1 fully saturated rings. The molecule has 0 aliphatic carbocycles. The van der Waals surface area contributed by atoms with Crippen LogP contribution < -0.4 is 5.32 Å². The average Bonchev–Trinajstić information content (AvgIpc) is 2.71. The monoisotopic (exact) mass is 376 g/mol. The molecule has 0 unspecified atom stereocenters. The van der Waals surface area contributed by atoms with Gasteiger partial charge < -0.3 is 10.2 Å². The number of amides is 2. The third kappa shape index (κ3) is 3.94. The van der Waals surface area contributed by atoms with E-state index in [1.54, 1.807) is 0 Å². The van der Waals surface area contributed by atoms with Gasteiger partial charge in [-0.05, 0) is 43.7 Å². The Morgan fingerprint density at radius 1 is 1.07 bits per heavy atom. The molecule has 0 spiro atoms. The molecule has 144 valence electrons. The van der Waals surface area contributed by atoms with Crippen LogP contribution in [0.1, 0.15) is 17.0 Å². The highest BCUT2D eigenvalue weighted by Crippen LogP contribution is 2.22. The average molecular weight is 376 g/mol. The number of aryl methyl sites for hydroxylation is 2. The summed E-state index contributed by atoms with van der Waals surface area (Å²) in [6.45, 7) is 7.87. The molecule has 0 bridgehead atoms. The largest absolute Gasteiger partial charge is 0.322 e. The fourth-order valence-corrected chi connectivity index (χ4v) is 3.47. The van der Waals surface area contributed by atoms with Crippen LogP contribution in [0.3, 0.4) is 0 Å². The summed E-state index contributed by atoms with van der Waals surface area (Å²) >= 11 is 0. The highest BCUT2D eigenvalue weighted by molar-refractivity contribution is 6.00. The molecule has 1 saturated heterocycles. The first-order valence-corrected chi connectivity index (χ1v) is 9.52. The van der Waals surface area contributed by atoms with Gasteiger partial charge in [0, 0.05) is 44.3 Å². The lowest BCUT2D eigenvalue weighted by atomic mass is 10.2. The van der Waals surface area contributed by atoms with E-state index in [-0.39, 0.29) is 6.03 Å². The van der Waals surface area contributed by atoms with Gasteiger partial charge in [0.25, 0.3) is 0 Å². The summed E-state index contributed by atoms with van der Waals surface area (Å²) in [6, 6.07) is 11.6. The van der Waals surface area contributed by atoms with Crippen molar-refractivity contribution < 1.29 is 4.79 Å². The van der Waals surface area contributed by atoms with Crippen molar-refractivity contribution in [3.63, 3.8) is 0 Å². The normalized spacial score (nSPS) is 15.0. The zero-order valence-electron chi connectivity index (χ0n) is 16.2. The quantitative estimate of drug-likeness (QED) is 0.761. The van der Waals surface area contributed by atoms with Crippen molar-refractivity contribution in [1.29, 1.82) is 0 Å². The van der Waals surface area contributed by atoms with Gasteiger partial charge in [0.2, 0.25) is 0 Å². The van der Waals surface area contributed by atoms with Crippen LogP contribution in [0, 0.1) is 13.8 Å². The first-order valence-electron chi connectivity index (χ1n) is 9.52. The molecular formula is C21H24N6O. The van der Waals surface area contributed by atoms with Crippen molar-refractivity contribution in [3.05, 3.63) is 59.5 Å². The summed E-state index contributed by atoms with van der Waals surface area (Å²) in [5, 5.41) is 12.2. The molecule has 1 aromatic carbocycles. The molecule has 7 nitrogen and oxygen atoms in total. The topological polar surface area (TPSA) is 74.2 Å². The van der Waals surface area contributed by atoms with Gasteiger partial charge in [-0.25, -0.2) is 4.79 Å². The number of carbonyl (C=O) groups is 1. The summed E-state index contributed by atoms with van der Waals surface area (Å²) < 4.78 is 0. The van der Waals surface area contributed by atoms with Crippen LogP contribution in [0.4, 0.5) is 10.5 Å². The molecule has 3 aromatic rings. The molecule has 1 N–H and O–H groups in total. The maximum absolute atomic E-state index is 12.8. The van der Waals surface area contributed by atoms with E-state index in [0.717, 1.165) is 47.6 Å². The van der Waals surface area contributed by atoms with Crippen LogP contribution in [-0.2, 0) is 6.54 Å². The van der Waals surface area contributed by atoms with Gasteiger partial charge in [0.1, 0.15) is 0 Å². The van der Waals surface area contributed by atoms with Crippen molar-refractivity contribution >= 4 is 22.6 Å². The Hall–Kier alpha value is -3.06. The fourth-order valence-electron chi connectivity index (χ4n) is 3.47. The smallest absolute Gasteiger partial charge is 0.321 e. The molecule has 1 aliphatic rings.